The maximum Gasteiger partial charge on any atom is 0.422 e. The molecule has 0 aromatic heterocycles. The fraction of sp³-hybridized carbons (Fsp3) is 0.538. The first-order valence-electron chi connectivity index (χ1n) is 5.84. The van der Waals surface area contributed by atoms with E-state index in [1.807, 2.05) is 6.92 Å². The van der Waals surface area contributed by atoms with Crippen LogP contribution < -0.4 is 4.74 Å². The van der Waals surface area contributed by atoms with Gasteiger partial charge in [-0.15, -0.1) is 0 Å². The molecule has 3 unspecified atom stereocenters. The molecule has 3 atom stereocenters. The average Bonchev–Trinajstić information content (AvgIpc) is 2.33. The molecule has 1 aromatic rings. The van der Waals surface area contributed by atoms with Crippen molar-refractivity contribution < 1.29 is 23.0 Å². The highest BCUT2D eigenvalue weighted by Crippen LogP contribution is 2.42. The fourth-order valence-electron chi connectivity index (χ4n) is 2.18. The molecule has 5 heteroatoms. The second-order valence-corrected chi connectivity index (χ2v) is 4.74. The highest BCUT2D eigenvalue weighted by Gasteiger charge is 2.37. The van der Waals surface area contributed by atoms with Crippen LogP contribution in [-0.4, -0.2) is 24.0 Å². The normalized spacial score (nSPS) is 27.7. The second-order valence-electron chi connectivity index (χ2n) is 4.74. The van der Waals surface area contributed by atoms with Crippen molar-refractivity contribution in [1.29, 1.82) is 0 Å². The first kappa shape index (κ1) is 13.2. The van der Waals surface area contributed by atoms with Crippen LogP contribution in [0.2, 0.25) is 0 Å². The van der Waals surface area contributed by atoms with E-state index in [1.165, 1.54) is 0 Å². The third kappa shape index (κ3) is 2.96. The van der Waals surface area contributed by atoms with Crippen molar-refractivity contribution in [3.63, 3.8) is 0 Å². The van der Waals surface area contributed by atoms with Crippen LogP contribution in [0.15, 0.2) is 24.3 Å². The molecular formula is C13H15F3O2. The van der Waals surface area contributed by atoms with Gasteiger partial charge in [-0.05, 0) is 36.0 Å². The predicted molar refractivity (Wildman–Crippen MR) is 60.5 cm³/mol. The Bertz CT molecular complexity index is 400. The zero-order valence-electron chi connectivity index (χ0n) is 9.95. The Morgan fingerprint density at radius 1 is 1.28 bits per heavy atom. The van der Waals surface area contributed by atoms with Crippen LogP contribution in [0.4, 0.5) is 13.2 Å². The lowest BCUT2D eigenvalue weighted by Gasteiger charge is -2.39. The summed E-state index contributed by atoms with van der Waals surface area (Å²) in [5.41, 5.74) is 1.03. The third-order valence-corrected chi connectivity index (χ3v) is 3.45. The molecule has 18 heavy (non-hydrogen) atoms. The molecule has 1 N–H and O–H groups in total. The van der Waals surface area contributed by atoms with Gasteiger partial charge in [0.15, 0.2) is 6.61 Å². The Balaban J connectivity index is 1.94. The largest absolute Gasteiger partial charge is 0.484 e. The summed E-state index contributed by atoms with van der Waals surface area (Å²) < 4.78 is 40.5. The first-order chi connectivity index (χ1) is 8.37. The van der Waals surface area contributed by atoms with Gasteiger partial charge in [-0.1, -0.05) is 19.1 Å². The number of aliphatic hydroxyl groups excluding tert-OH is 1. The SMILES string of the molecule is CC1C(O)CC1c1ccc(OCC(F)(F)F)cc1. The zero-order chi connectivity index (χ0) is 13.3. The van der Waals surface area contributed by atoms with Crippen molar-refractivity contribution in [2.75, 3.05) is 6.61 Å². The predicted octanol–water partition coefficient (Wildman–Crippen LogP) is 3.11. The van der Waals surface area contributed by atoms with Gasteiger partial charge in [0.05, 0.1) is 6.10 Å². The summed E-state index contributed by atoms with van der Waals surface area (Å²) in [6, 6.07) is 6.61. The van der Waals surface area contributed by atoms with Gasteiger partial charge < -0.3 is 9.84 Å². The summed E-state index contributed by atoms with van der Waals surface area (Å²) >= 11 is 0. The van der Waals surface area contributed by atoms with E-state index in [-0.39, 0.29) is 23.7 Å². The number of ether oxygens (including phenoxy) is 1. The van der Waals surface area contributed by atoms with Gasteiger partial charge in [-0.2, -0.15) is 13.2 Å². The van der Waals surface area contributed by atoms with E-state index in [9.17, 15) is 18.3 Å². The highest BCUT2D eigenvalue weighted by atomic mass is 19.4. The molecule has 0 radical (unpaired) electrons. The number of alkyl halides is 3. The molecule has 1 fully saturated rings. The van der Waals surface area contributed by atoms with Crippen LogP contribution in [0.5, 0.6) is 5.75 Å². The average molecular weight is 260 g/mol. The molecule has 0 heterocycles. The van der Waals surface area contributed by atoms with E-state index in [1.54, 1.807) is 24.3 Å². The van der Waals surface area contributed by atoms with E-state index in [0.29, 0.717) is 6.42 Å². The highest BCUT2D eigenvalue weighted by molar-refractivity contribution is 5.31. The Morgan fingerprint density at radius 3 is 2.33 bits per heavy atom. The van der Waals surface area contributed by atoms with Gasteiger partial charge in [0.1, 0.15) is 5.75 Å². The molecule has 0 spiro atoms. The molecule has 1 aromatic carbocycles. The number of hydrogen-bond acceptors (Lipinski definition) is 2. The quantitative estimate of drug-likeness (QED) is 0.904. The minimum atomic E-state index is -4.31. The lowest BCUT2D eigenvalue weighted by atomic mass is 9.69. The van der Waals surface area contributed by atoms with Crippen molar-refractivity contribution in [2.24, 2.45) is 5.92 Å². The Hall–Kier alpha value is -1.23. The Morgan fingerprint density at radius 2 is 1.89 bits per heavy atom. The van der Waals surface area contributed by atoms with Gasteiger partial charge in [0.2, 0.25) is 0 Å². The molecule has 0 bridgehead atoms. The molecule has 2 rings (SSSR count). The van der Waals surface area contributed by atoms with Crippen LogP contribution in [0.1, 0.15) is 24.8 Å². The summed E-state index contributed by atoms with van der Waals surface area (Å²) in [5.74, 6) is 0.701. The van der Waals surface area contributed by atoms with E-state index in [4.69, 9.17) is 0 Å². The van der Waals surface area contributed by atoms with Gasteiger partial charge in [-0.25, -0.2) is 0 Å². The summed E-state index contributed by atoms with van der Waals surface area (Å²) in [6.07, 6.45) is -3.87. The molecule has 1 saturated carbocycles. The van der Waals surface area contributed by atoms with Crippen molar-refractivity contribution in [1.82, 2.24) is 0 Å². The molecular weight excluding hydrogens is 245 g/mol. The van der Waals surface area contributed by atoms with Gasteiger partial charge >= 0.3 is 6.18 Å². The first-order valence-corrected chi connectivity index (χ1v) is 5.84. The summed E-state index contributed by atoms with van der Waals surface area (Å²) in [7, 11) is 0. The molecule has 1 aliphatic carbocycles. The summed E-state index contributed by atoms with van der Waals surface area (Å²) in [6.45, 7) is 0.692. The van der Waals surface area contributed by atoms with Crippen molar-refractivity contribution >= 4 is 0 Å². The maximum absolute atomic E-state index is 12.0. The summed E-state index contributed by atoms with van der Waals surface area (Å²) in [5, 5.41) is 9.43. The second kappa shape index (κ2) is 4.80. The molecule has 2 nitrogen and oxygen atoms in total. The van der Waals surface area contributed by atoms with Gasteiger partial charge in [0, 0.05) is 0 Å². The van der Waals surface area contributed by atoms with Crippen LogP contribution in [-0.2, 0) is 0 Å². The Labute approximate surface area is 103 Å². The number of halogens is 3. The molecule has 0 saturated heterocycles. The number of hydrogen-bond donors (Lipinski definition) is 1. The molecule has 1 aliphatic rings. The third-order valence-electron chi connectivity index (χ3n) is 3.45. The smallest absolute Gasteiger partial charge is 0.422 e. The van der Waals surface area contributed by atoms with E-state index in [0.717, 1.165) is 5.56 Å². The van der Waals surface area contributed by atoms with Gasteiger partial charge in [-0.3, -0.25) is 0 Å². The molecule has 0 aliphatic heterocycles. The van der Waals surface area contributed by atoms with Crippen LogP contribution >= 0.6 is 0 Å². The van der Waals surface area contributed by atoms with Crippen LogP contribution in [0.3, 0.4) is 0 Å². The van der Waals surface area contributed by atoms with E-state index < -0.39 is 12.8 Å². The lowest BCUT2D eigenvalue weighted by molar-refractivity contribution is -0.153. The topological polar surface area (TPSA) is 29.5 Å². The maximum atomic E-state index is 12.0. The number of benzene rings is 1. The monoisotopic (exact) mass is 260 g/mol. The van der Waals surface area contributed by atoms with Crippen molar-refractivity contribution in [3.8, 4) is 5.75 Å². The number of aliphatic hydroxyl groups is 1. The Kier molecular flexibility index (Phi) is 3.52. The van der Waals surface area contributed by atoms with Crippen LogP contribution in [0, 0.1) is 5.92 Å². The molecule has 100 valence electrons. The van der Waals surface area contributed by atoms with Crippen LogP contribution in [0.25, 0.3) is 0 Å². The minimum Gasteiger partial charge on any atom is -0.484 e. The van der Waals surface area contributed by atoms with Crippen molar-refractivity contribution in [2.45, 2.75) is 31.5 Å². The summed E-state index contributed by atoms with van der Waals surface area (Å²) in [4.78, 5) is 0. The standard InChI is InChI=1S/C13H15F3O2/c1-8-11(6-12(8)17)9-2-4-10(5-3-9)18-7-13(14,15)16/h2-5,8,11-12,17H,6-7H2,1H3. The number of rotatable bonds is 3. The van der Waals surface area contributed by atoms with Crippen molar-refractivity contribution in [3.05, 3.63) is 29.8 Å². The fourth-order valence-corrected chi connectivity index (χ4v) is 2.18. The molecule has 0 amide bonds. The van der Waals surface area contributed by atoms with Gasteiger partial charge in [0.25, 0.3) is 0 Å². The minimum absolute atomic E-state index is 0.201. The lowest BCUT2D eigenvalue weighted by Crippen LogP contribution is -2.37. The van der Waals surface area contributed by atoms with E-state index >= 15 is 0 Å². The van der Waals surface area contributed by atoms with E-state index in [2.05, 4.69) is 4.74 Å². The zero-order valence-corrected chi connectivity index (χ0v) is 9.95.